The Hall–Kier alpha value is -2.59. The fraction of sp³-hybridized carbons (Fsp3) is 0.222. The molecule has 0 aliphatic heterocycles. The Kier molecular flexibility index (Phi) is 5.85. The van der Waals surface area contributed by atoms with Crippen LogP contribution >= 0.6 is 11.6 Å². The summed E-state index contributed by atoms with van der Waals surface area (Å²) in [6.07, 6.45) is 0.277. The van der Waals surface area contributed by atoms with Gasteiger partial charge in [0, 0.05) is 24.2 Å². The van der Waals surface area contributed by atoms with Crippen molar-refractivity contribution in [2.24, 2.45) is 0 Å². The number of aromatic nitrogens is 2. The summed E-state index contributed by atoms with van der Waals surface area (Å²) in [6.45, 7) is 0. The molecule has 0 fully saturated rings. The Bertz CT molecular complexity index is 1190. The van der Waals surface area contributed by atoms with E-state index in [0.717, 1.165) is 3.97 Å². The second kappa shape index (κ2) is 8.03. The molecule has 0 unspecified atom stereocenters. The first kappa shape index (κ1) is 21.1. The maximum Gasteiger partial charge on any atom is 0.305 e. The summed E-state index contributed by atoms with van der Waals surface area (Å²) in [5, 5.41) is 0.0901. The maximum absolute atomic E-state index is 14.2. The Balaban J connectivity index is 2.18. The molecule has 1 aromatic carbocycles. The van der Waals surface area contributed by atoms with Gasteiger partial charge in [0.05, 0.1) is 18.1 Å². The van der Waals surface area contributed by atoms with Gasteiger partial charge < -0.3 is 4.74 Å². The van der Waals surface area contributed by atoms with E-state index in [-0.39, 0.29) is 53.3 Å². The molecule has 3 rings (SSSR count). The number of methoxy groups -OCH3 is 1. The average Bonchev–Trinajstić information content (AvgIpc) is 2.98. The number of hydrogen-bond acceptors (Lipinski definition) is 5. The fourth-order valence-corrected chi connectivity index (χ4v) is 4.75. The highest BCUT2D eigenvalue weighted by molar-refractivity contribution is 7.90. The number of carbonyl (C=O) groups is 1. The predicted molar refractivity (Wildman–Crippen MR) is 98.6 cm³/mol. The average molecular weight is 447 g/mol. The first-order valence-corrected chi connectivity index (χ1v) is 10.1. The van der Waals surface area contributed by atoms with Crippen molar-refractivity contribution in [2.45, 2.75) is 24.2 Å². The molecule has 0 spiro atoms. The lowest BCUT2D eigenvalue weighted by molar-refractivity contribution is -0.140. The number of esters is 1. The molecular weight excluding hydrogens is 433 g/mol. The van der Waals surface area contributed by atoms with Gasteiger partial charge in [-0.05, 0) is 31.0 Å². The van der Waals surface area contributed by atoms with Crippen molar-refractivity contribution >= 4 is 38.6 Å². The molecular formula is C18H14ClF3N2O4S. The third kappa shape index (κ3) is 4.08. The van der Waals surface area contributed by atoms with Crippen LogP contribution in [-0.4, -0.2) is 30.5 Å². The van der Waals surface area contributed by atoms with Crippen molar-refractivity contribution in [1.29, 1.82) is 0 Å². The molecule has 0 N–H and O–H groups in total. The summed E-state index contributed by atoms with van der Waals surface area (Å²) in [4.78, 5) is 14.1. The molecule has 2 aromatic heterocycles. The molecule has 0 radical (unpaired) electrons. The van der Waals surface area contributed by atoms with E-state index in [9.17, 15) is 26.4 Å². The lowest BCUT2D eigenvalue weighted by Gasteiger charge is -2.13. The Morgan fingerprint density at radius 3 is 2.45 bits per heavy atom. The van der Waals surface area contributed by atoms with E-state index in [4.69, 9.17) is 11.6 Å². The van der Waals surface area contributed by atoms with Gasteiger partial charge in [0.1, 0.15) is 22.6 Å². The SMILES string of the molecule is COC(=O)CCCc1cc2nc(Cl)ccc2n1S(=O)(=O)c1c(F)cc(F)cc1F. The van der Waals surface area contributed by atoms with Gasteiger partial charge in [-0.3, -0.25) is 4.79 Å². The predicted octanol–water partition coefficient (Wildman–Crippen LogP) is 3.84. The number of rotatable bonds is 6. The molecule has 0 aliphatic rings. The third-order valence-electron chi connectivity index (χ3n) is 4.15. The number of pyridine rings is 1. The minimum atomic E-state index is -4.80. The highest BCUT2D eigenvalue weighted by Gasteiger charge is 2.30. The maximum atomic E-state index is 14.2. The van der Waals surface area contributed by atoms with Gasteiger partial charge >= 0.3 is 5.97 Å². The highest BCUT2D eigenvalue weighted by atomic mass is 35.5. The highest BCUT2D eigenvalue weighted by Crippen LogP contribution is 2.30. The number of carbonyl (C=O) groups excluding carboxylic acids is 1. The van der Waals surface area contributed by atoms with Crippen LogP contribution in [0.2, 0.25) is 5.15 Å². The van der Waals surface area contributed by atoms with E-state index in [0.29, 0.717) is 0 Å². The van der Waals surface area contributed by atoms with E-state index in [1.165, 1.54) is 25.3 Å². The lowest BCUT2D eigenvalue weighted by atomic mass is 10.2. The van der Waals surface area contributed by atoms with Gasteiger partial charge in [0.2, 0.25) is 0 Å². The molecule has 154 valence electrons. The topological polar surface area (TPSA) is 78.3 Å². The zero-order valence-corrected chi connectivity index (χ0v) is 16.5. The van der Waals surface area contributed by atoms with Crippen LogP contribution in [0, 0.1) is 17.5 Å². The smallest absolute Gasteiger partial charge is 0.305 e. The van der Waals surface area contributed by atoms with Gasteiger partial charge in [0.25, 0.3) is 10.0 Å². The first-order valence-electron chi connectivity index (χ1n) is 8.29. The fourth-order valence-electron chi connectivity index (χ4n) is 2.93. The molecule has 0 amide bonds. The monoisotopic (exact) mass is 446 g/mol. The normalized spacial score (nSPS) is 11.8. The van der Waals surface area contributed by atoms with Crippen molar-refractivity contribution in [1.82, 2.24) is 8.96 Å². The van der Waals surface area contributed by atoms with Gasteiger partial charge in [-0.15, -0.1) is 0 Å². The Labute approximate surface area is 168 Å². The number of nitrogens with zero attached hydrogens (tertiary/aromatic N) is 2. The molecule has 0 atom stereocenters. The molecule has 3 aromatic rings. The van der Waals surface area contributed by atoms with Crippen molar-refractivity contribution < 1.29 is 31.1 Å². The van der Waals surface area contributed by atoms with E-state index in [2.05, 4.69) is 9.72 Å². The van der Waals surface area contributed by atoms with Crippen LogP contribution in [0.3, 0.4) is 0 Å². The summed E-state index contributed by atoms with van der Waals surface area (Å²) in [7, 11) is -3.58. The Morgan fingerprint density at radius 1 is 1.17 bits per heavy atom. The van der Waals surface area contributed by atoms with Crippen molar-refractivity contribution in [3.8, 4) is 0 Å². The summed E-state index contributed by atoms with van der Waals surface area (Å²) in [5.41, 5.74) is 0.337. The third-order valence-corrected chi connectivity index (χ3v) is 6.18. The number of hydrogen-bond donors (Lipinski definition) is 0. The zero-order valence-electron chi connectivity index (χ0n) is 15.0. The molecule has 2 heterocycles. The van der Waals surface area contributed by atoms with Crippen LogP contribution in [-0.2, 0) is 26.0 Å². The van der Waals surface area contributed by atoms with Gasteiger partial charge in [-0.1, -0.05) is 11.6 Å². The Morgan fingerprint density at radius 2 is 1.83 bits per heavy atom. The minimum Gasteiger partial charge on any atom is -0.469 e. The number of ether oxygens (including phenoxy) is 1. The van der Waals surface area contributed by atoms with Crippen LogP contribution < -0.4 is 0 Å². The summed E-state index contributed by atoms with van der Waals surface area (Å²) in [5.74, 6) is -4.87. The molecule has 6 nitrogen and oxygen atoms in total. The van der Waals surface area contributed by atoms with E-state index < -0.39 is 38.3 Å². The number of aryl methyl sites for hydroxylation is 1. The van der Waals surface area contributed by atoms with Crippen molar-refractivity contribution in [3.05, 3.63) is 58.6 Å². The molecule has 29 heavy (non-hydrogen) atoms. The molecule has 0 saturated heterocycles. The van der Waals surface area contributed by atoms with E-state index in [1.807, 2.05) is 0 Å². The number of fused-ring (bicyclic) bond motifs is 1. The molecule has 0 saturated carbocycles. The van der Waals surface area contributed by atoms with Crippen LogP contribution in [0.5, 0.6) is 0 Å². The van der Waals surface area contributed by atoms with Crippen LogP contribution in [0.25, 0.3) is 11.0 Å². The number of halogens is 4. The lowest BCUT2D eigenvalue weighted by Crippen LogP contribution is -2.19. The van der Waals surface area contributed by atoms with Crippen LogP contribution in [0.4, 0.5) is 13.2 Å². The molecule has 0 bridgehead atoms. The van der Waals surface area contributed by atoms with Gasteiger partial charge in [-0.2, -0.15) is 0 Å². The van der Waals surface area contributed by atoms with Crippen LogP contribution in [0.1, 0.15) is 18.5 Å². The summed E-state index contributed by atoms with van der Waals surface area (Å²) >= 11 is 5.85. The first-order chi connectivity index (χ1) is 13.6. The van der Waals surface area contributed by atoms with E-state index in [1.54, 1.807) is 0 Å². The van der Waals surface area contributed by atoms with Crippen molar-refractivity contribution in [2.75, 3.05) is 7.11 Å². The standard InChI is InChI=1S/C18H14ClF3N2O4S/c1-28-17(25)4-2-3-11-9-14-15(5-6-16(19)23-14)24(11)29(26,27)18-12(21)7-10(20)8-13(18)22/h5-9H,2-4H2,1H3. The van der Waals surface area contributed by atoms with Crippen molar-refractivity contribution in [3.63, 3.8) is 0 Å². The van der Waals surface area contributed by atoms with E-state index >= 15 is 0 Å². The second-order valence-corrected chi connectivity index (χ2v) is 8.18. The number of benzene rings is 1. The quantitative estimate of drug-likeness (QED) is 0.424. The zero-order chi connectivity index (χ0) is 21.3. The van der Waals surface area contributed by atoms with Crippen LogP contribution in [0.15, 0.2) is 35.2 Å². The second-order valence-electron chi connectivity index (χ2n) is 6.07. The van der Waals surface area contributed by atoms with Gasteiger partial charge in [-0.25, -0.2) is 30.5 Å². The summed E-state index contributed by atoms with van der Waals surface area (Å²) < 4.78 is 73.2. The molecule has 0 aliphatic carbocycles. The minimum absolute atomic E-state index is 0.00548. The molecule has 11 heteroatoms. The largest absolute Gasteiger partial charge is 0.469 e. The van der Waals surface area contributed by atoms with Gasteiger partial charge in [0.15, 0.2) is 4.90 Å². The summed E-state index contributed by atoms with van der Waals surface area (Å²) in [6, 6.07) is 4.63.